The number of ether oxygens (including phenoxy) is 1. The Hall–Kier alpha value is -1.36. The summed E-state index contributed by atoms with van der Waals surface area (Å²) in [5, 5.41) is 8.93. The highest BCUT2D eigenvalue weighted by molar-refractivity contribution is 5.85. The summed E-state index contributed by atoms with van der Waals surface area (Å²) >= 11 is 0. The van der Waals surface area contributed by atoms with Crippen LogP contribution in [0.3, 0.4) is 0 Å². The highest BCUT2D eigenvalue weighted by Crippen LogP contribution is 2.20. The summed E-state index contributed by atoms with van der Waals surface area (Å²) in [6.07, 6.45) is 0.0580. The van der Waals surface area contributed by atoms with Gasteiger partial charge in [0.1, 0.15) is 6.61 Å². The number of carbonyl (C=O) groups is 1. The van der Waals surface area contributed by atoms with Crippen LogP contribution in [-0.2, 0) is 11.3 Å². The van der Waals surface area contributed by atoms with Crippen LogP contribution < -0.4 is 0 Å². The summed E-state index contributed by atoms with van der Waals surface area (Å²) in [6, 6.07) is 0. The van der Waals surface area contributed by atoms with Crippen LogP contribution in [0.4, 0.5) is 0 Å². The number of aromatic carboxylic acids is 1. The minimum atomic E-state index is -1.09. The quantitative estimate of drug-likeness (QED) is 0.836. The first-order chi connectivity index (χ1) is 7.41. The molecular formula is C11H17NO4. The van der Waals surface area contributed by atoms with Gasteiger partial charge in [-0.1, -0.05) is 13.8 Å². The van der Waals surface area contributed by atoms with Gasteiger partial charge in [0.2, 0.25) is 11.7 Å². The molecule has 16 heavy (non-hydrogen) atoms. The van der Waals surface area contributed by atoms with Crippen LogP contribution in [0.25, 0.3) is 0 Å². The maximum absolute atomic E-state index is 10.9. The van der Waals surface area contributed by atoms with Gasteiger partial charge in [-0.15, -0.1) is 0 Å². The van der Waals surface area contributed by atoms with Crippen molar-refractivity contribution in [2.75, 3.05) is 0 Å². The molecule has 1 N–H and O–H groups in total. The van der Waals surface area contributed by atoms with E-state index in [2.05, 4.69) is 4.98 Å². The van der Waals surface area contributed by atoms with Crippen molar-refractivity contribution in [2.24, 2.45) is 0 Å². The predicted molar refractivity (Wildman–Crippen MR) is 57.5 cm³/mol. The second kappa shape index (κ2) is 5.12. The lowest BCUT2D eigenvalue weighted by Crippen LogP contribution is -2.02. The molecule has 0 fully saturated rings. The fourth-order valence-corrected chi connectivity index (χ4v) is 1.22. The number of oxazole rings is 1. The number of carboxylic acid groups (broad SMARTS) is 1. The van der Waals surface area contributed by atoms with Crippen molar-refractivity contribution in [3.05, 3.63) is 17.3 Å². The van der Waals surface area contributed by atoms with Crippen LogP contribution in [0, 0.1) is 0 Å². The number of carboxylic acids is 1. The first-order valence-electron chi connectivity index (χ1n) is 5.26. The van der Waals surface area contributed by atoms with Crippen molar-refractivity contribution in [2.45, 2.75) is 46.3 Å². The Morgan fingerprint density at radius 2 is 2.06 bits per heavy atom. The zero-order chi connectivity index (χ0) is 12.3. The molecule has 0 aliphatic rings. The monoisotopic (exact) mass is 227 g/mol. The fraction of sp³-hybridized carbons (Fsp3) is 0.636. The van der Waals surface area contributed by atoms with E-state index in [9.17, 15) is 4.79 Å². The van der Waals surface area contributed by atoms with E-state index in [1.165, 1.54) is 0 Å². The van der Waals surface area contributed by atoms with Crippen LogP contribution in [0.15, 0.2) is 4.42 Å². The second-order valence-electron chi connectivity index (χ2n) is 4.14. The Morgan fingerprint density at radius 1 is 1.44 bits per heavy atom. The van der Waals surface area contributed by atoms with Crippen LogP contribution in [0.5, 0.6) is 0 Å². The van der Waals surface area contributed by atoms with Gasteiger partial charge >= 0.3 is 5.97 Å². The van der Waals surface area contributed by atoms with E-state index in [-0.39, 0.29) is 24.4 Å². The summed E-state index contributed by atoms with van der Waals surface area (Å²) in [6.45, 7) is 7.73. The first-order valence-corrected chi connectivity index (χ1v) is 5.26. The van der Waals surface area contributed by atoms with Crippen molar-refractivity contribution in [1.29, 1.82) is 0 Å². The smallest absolute Gasteiger partial charge is 0.373 e. The van der Waals surface area contributed by atoms with E-state index in [0.717, 1.165) is 0 Å². The van der Waals surface area contributed by atoms with Gasteiger partial charge in [-0.25, -0.2) is 9.78 Å². The topological polar surface area (TPSA) is 72.6 Å². The van der Waals surface area contributed by atoms with E-state index in [1.807, 2.05) is 27.7 Å². The zero-order valence-electron chi connectivity index (χ0n) is 9.98. The third kappa shape index (κ3) is 3.06. The molecule has 0 aliphatic carbocycles. The summed E-state index contributed by atoms with van der Waals surface area (Å²) in [4.78, 5) is 15.0. The fourth-order valence-electron chi connectivity index (χ4n) is 1.22. The molecule has 0 spiro atoms. The van der Waals surface area contributed by atoms with Crippen molar-refractivity contribution < 1.29 is 19.1 Å². The van der Waals surface area contributed by atoms with Crippen molar-refractivity contribution in [3.63, 3.8) is 0 Å². The molecule has 0 unspecified atom stereocenters. The molecule has 5 heteroatoms. The highest BCUT2D eigenvalue weighted by atomic mass is 16.5. The second-order valence-corrected chi connectivity index (χ2v) is 4.14. The maximum atomic E-state index is 10.9. The van der Waals surface area contributed by atoms with Gasteiger partial charge in [-0.3, -0.25) is 0 Å². The van der Waals surface area contributed by atoms with Crippen LogP contribution >= 0.6 is 0 Å². The molecule has 1 aromatic heterocycles. The van der Waals surface area contributed by atoms with Gasteiger partial charge in [0, 0.05) is 0 Å². The third-order valence-corrected chi connectivity index (χ3v) is 1.98. The molecule has 0 radical (unpaired) electrons. The molecular weight excluding hydrogens is 210 g/mol. The minimum Gasteiger partial charge on any atom is -0.475 e. The average molecular weight is 227 g/mol. The van der Waals surface area contributed by atoms with E-state index in [1.54, 1.807) is 0 Å². The van der Waals surface area contributed by atoms with Crippen LogP contribution in [0.1, 0.15) is 55.8 Å². The van der Waals surface area contributed by atoms with Crippen LogP contribution in [0.2, 0.25) is 0 Å². The van der Waals surface area contributed by atoms with Gasteiger partial charge < -0.3 is 14.3 Å². The lowest BCUT2D eigenvalue weighted by atomic mass is 10.1. The molecule has 0 saturated carbocycles. The molecule has 0 aromatic carbocycles. The van der Waals surface area contributed by atoms with Crippen molar-refractivity contribution >= 4 is 5.97 Å². The number of aromatic nitrogens is 1. The molecule has 1 heterocycles. The molecule has 5 nitrogen and oxygen atoms in total. The summed E-state index contributed by atoms with van der Waals surface area (Å²) in [5.74, 6) is -0.846. The molecule has 0 saturated heterocycles. The Morgan fingerprint density at radius 3 is 2.44 bits per heavy atom. The minimum absolute atomic E-state index is 0.0163. The van der Waals surface area contributed by atoms with Crippen molar-refractivity contribution in [1.82, 2.24) is 4.98 Å². The standard InChI is InChI=1S/C11H17NO4/c1-6(2)9-10(11(13)14)16-8(12-9)5-15-7(3)4/h6-7H,5H2,1-4H3,(H,13,14). The molecule has 90 valence electrons. The number of rotatable bonds is 5. The maximum Gasteiger partial charge on any atom is 0.373 e. The van der Waals surface area contributed by atoms with Crippen molar-refractivity contribution in [3.8, 4) is 0 Å². The van der Waals surface area contributed by atoms with Crippen LogP contribution in [-0.4, -0.2) is 22.2 Å². The van der Waals surface area contributed by atoms with E-state index < -0.39 is 5.97 Å². The van der Waals surface area contributed by atoms with E-state index in [0.29, 0.717) is 11.6 Å². The molecule has 0 amide bonds. The average Bonchev–Trinajstić information content (AvgIpc) is 2.58. The zero-order valence-corrected chi connectivity index (χ0v) is 9.98. The Balaban J connectivity index is 2.88. The molecule has 1 aromatic rings. The summed E-state index contributed by atoms with van der Waals surface area (Å²) in [5.41, 5.74) is 0.467. The van der Waals surface area contributed by atoms with Gasteiger partial charge in [0.15, 0.2) is 0 Å². The Kier molecular flexibility index (Phi) is 4.06. The Labute approximate surface area is 94.4 Å². The van der Waals surface area contributed by atoms with Gasteiger partial charge in [-0.2, -0.15) is 0 Å². The lowest BCUT2D eigenvalue weighted by molar-refractivity contribution is 0.0489. The Bertz CT molecular complexity index is 368. The molecule has 0 atom stereocenters. The molecule has 0 bridgehead atoms. The highest BCUT2D eigenvalue weighted by Gasteiger charge is 2.21. The number of hydrogen-bond donors (Lipinski definition) is 1. The third-order valence-electron chi connectivity index (χ3n) is 1.98. The summed E-state index contributed by atoms with van der Waals surface area (Å²) in [7, 11) is 0. The van der Waals surface area contributed by atoms with Gasteiger partial charge in [-0.05, 0) is 19.8 Å². The molecule has 1 rings (SSSR count). The number of hydrogen-bond acceptors (Lipinski definition) is 4. The van der Waals surface area contributed by atoms with Gasteiger partial charge in [0.25, 0.3) is 0 Å². The van der Waals surface area contributed by atoms with E-state index >= 15 is 0 Å². The predicted octanol–water partition coefficient (Wildman–Crippen LogP) is 2.42. The SMILES string of the molecule is CC(C)OCc1nc(C(C)C)c(C(=O)O)o1. The normalized spacial score (nSPS) is 11.4. The first kappa shape index (κ1) is 12.7. The summed E-state index contributed by atoms with van der Waals surface area (Å²) < 4.78 is 10.5. The lowest BCUT2D eigenvalue weighted by Gasteiger charge is -2.03. The van der Waals surface area contributed by atoms with E-state index in [4.69, 9.17) is 14.3 Å². The largest absolute Gasteiger partial charge is 0.475 e. The molecule has 0 aliphatic heterocycles. The van der Waals surface area contributed by atoms with Gasteiger partial charge in [0.05, 0.1) is 11.8 Å². The number of nitrogens with zero attached hydrogens (tertiary/aromatic N) is 1.